The van der Waals surface area contributed by atoms with Crippen molar-refractivity contribution < 1.29 is 24.5 Å². The van der Waals surface area contributed by atoms with Gasteiger partial charge in [0.2, 0.25) is 5.75 Å². The van der Waals surface area contributed by atoms with Gasteiger partial charge in [-0.05, 0) is 6.07 Å². The molecule has 1 unspecified atom stereocenters. The summed E-state index contributed by atoms with van der Waals surface area (Å²) in [6.07, 6.45) is -0.0257. The smallest absolute Gasteiger partial charge is 0.320 e. The Balaban J connectivity index is 3.24. The number of carboxylic acid groups (broad SMARTS) is 1. The van der Waals surface area contributed by atoms with Crippen molar-refractivity contribution in [3.63, 3.8) is 0 Å². The van der Waals surface area contributed by atoms with Crippen LogP contribution in [0.3, 0.4) is 0 Å². The fraction of sp³-hybridized carbons (Fsp3) is 0.364. The molecule has 0 saturated carbocycles. The van der Waals surface area contributed by atoms with Crippen LogP contribution in [0.4, 0.5) is 0 Å². The Morgan fingerprint density at radius 2 is 2.11 bits per heavy atom. The van der Waals surface area contributed by atoms with Gasteiger partial charge in [0.25, 0.3) is 0 Å². The van der Waals surface area contributed by atoms with Crippen LogP contribution in [-0.2, 0) is 11.2 Å². The van der Waals surface area contributed by atoms with E-state index in [0.29, 0.717) is 15.8 Å². The standard InChI is InChI=1S/C11H14BrNO5/c1-17-8-4-6(12)5(3-7(13)11(15)16)9(14)10(8)18-2/h4,7,14H,3,13H2,1-2H3,(H,15,16). The first-order valence-corrected chi connectivity index (χ1v) is 5.82. The zero-order chi connectivity index (χ0) is 13.9. The SMILES string of the molecule is COc1cc(Br)c(CC(N)C(=O)O)c(O)c1OC. The van der Waals surface area contributed by atoms with Crippen molar-refractivity contribution in [3.8, 4) is 17.2 Å². The number of carboxylic acids is 1. The van der Waals surface area contributed by atoms with Crippen molar-refractivity contribution >= 4 is 21.9 Å². The maximum atomic E-state index is 10.7. The molecule has 1 rings (SSSR count). The molecule has 0 radical (unpaired) electrons. The fourth-order valence-electron chi connectivity index (χ4n) is 1.48. The molecule has 0 saturated heterocycles. The Labute approximate surface area is 112 Å². The molecule has 1 atom stereocenters. The fourth-order valence-corrected chi connectivity index (χ4v) is 2.04. The molecule has 6 nitrogen and oxygen atoms in total. The maximum absolute atomic E-state index is 10.7. The van der Waals surface area contributed by atoms with Gasteiger partial charge in [-0.3, -0.25) is 4.79 Å². The molecular weight excluding hydrogens is 306 g/mol. The van der Waals surface area contributed by atoms with Gasteiger partial charge in [-0.2, -0.15) is 0 Å². The van der Waals surface area contributed by atoms with Gasteiger partial charge >= 0.3 is 5.97 Å². The van der Waals surface area contributed by atoms with Gasteiger partial charge in [-0.15, -0.1) is 0 Å². The maximum Gasteiger partial charge on any atom is 0.320 e. The van der Waals surface area contributed by atoms with E-state index >= 15 is 0 Å². The van der Waals surface area contributed by atoms with Crippen molar-refractivity contribution in [2.24, 2.45) is 5.73 Å². The molecular formula is C11H14BrNO5. The van der Waals surface area contributed by atoms with Crippen LogP contribution < -0.4 is 15.2 Å². The van der Waals surface area contributed by atoms with Gasteiger partial charge in [0.15, 0.2) is 11.5 Å². The van der Waals surface area contributed by atoms with Crippen molar-refractivity contribution in [2.75, 3.05) is 14.2 Å². The number of nitrogens with two attached hydrogens (primary N) is 1. The average molecular weight is 320 g/mol. The van der Waals surface area contributed by atoms with Crippen LogP contribution in [0.1, 0.15) is 5.56 Å². The highest BCUT2D eigenvalue weighted by Crippen LogP contribution is 2.43. The van der Waals surface area contributed by atoms with E-state index < -0.39 is 12.0 Å². The van der Waals surface area contributed by atoms with Crippen LogP contribution in [0, 0.1) is 0 Å². The minimum atomic E-state index is -1.14. The largest absolute Gasteiger partial charge is 0.504 e. The van der Waals surface area contributed by atoms with Gasteiger partial charge < -0.3 is 25.4 Å². The molecule has 0 aliphatic heterocycles. The number of rotatable bonds is 5. The van der Waals surface area contributed by atoms with E-state index in [1.165, 1.54) is 14.2 Å². The topological polar surface area (TPSA) is 102 Å². The molecule has 1 aromatic rings. The molecule has 0 aromatic heterocycles. The molecule has 0 fully saturated rings. The monoisotopic (exact) mass is 319 g/mol. The lowest BCUT2D eigenvalue weighted by molar-refractivity contribution is -0.138. The van der Waals surface area contributed by atoms with E-state index in [1.807, 2.05) is 0 Å². The molecule has 0 aliphatic carbocycles. The third-order valence-electron chi connectivity index (χ3n) is 2.44. The quantitative estimate of drug-likeness (QED) is 0.751. The van der Waals surface area contributed by atoms with Crippen LogP contribution in [0.25, 0.3) is 0 Å². The number of carbonyl (C=O) groups is 1. The Morgan fingerprint density at radius 1 is 1.50 bits per heavy atom. The zero-order valence-corrected chi connectivity index (χ0v) is 11.5. The second-order valence-corrected chi connectivity index (χ2v) is 4.42. The lowest BCUT2D eigenvalue weighted by atomic mass is 10.0. The number of halogens is 1. The number of methoxy groups -OCH3 is 2. The Morgan fingerprint density at radius 3 is 2.56 bits per heavy atom. The van der Waals surface area contributed by atoms with Gasteiger partial charge in [-0.1, -0.05) is 15.9 Å². The number of aromatic hydroxyl groups is 1. The molecule has 1 aromatic carbocycles. The van der Waals surface area contributed by atoms with E-state index in [-0.39, 0.29) is 17.9 Å². The Kier molecular flexibility index (Phi) is 4.80. The van der Waals surface area contributed by atoms with E-state index in [0.717, 1.165) is 0 Å². The lowest BCUT2D eigenvalue weighted by Gasteiger charge is -2.16. The lowest BCUT2D eigenvalue weighted by Crippen LogP contribution is -2.32. The van der Waals surface area contributed by atoms with Gasteiger partial charge in [0.1, 0.15) is 6.04 Å². The first-order chi connectivity index (χ1) is 8.42. The van der Waals surface area contributed by atoms with Gasteiger partial charge in [0, 0.05) is 16.5 Å². The normalized spacial score (nSPS) is 12.0. The number of hydrogen-bond acceptors (Lipinski definition) is 5. The van der Waals surface area contributed by atoms with E-state index in [9.17, 15) is 9.90 Å². The van der Waals surface area contributed by atoms with Crippen molar-refractivity contribution in [2.45, 2.75) is 12.5 Å². The highest BCUT2D eigenvalue weighted by atomic mass is 79.9. The van der Waals surface area contributed by atoms with Gasteiger partial charge in [0.05, 0.1) is 14.2 Å². The summed E-state index contributed by atoms with van der Waals surface area (Å²) in [4.78, 5) is 10.7. The second kappa shape index (κ2) is 5.92. The summed E-state index contributed by atoms with van der Waals surface area (Å²) in [5.74, 6) is -0.834. The van der Waals surface area contributed by atoms with Crippen molar-refractivity contribution in [3.05, 3.63) is 16.1 Å². The van der Waals surface area contributed by atoms with Crippen LogP contribution in [-0.4, -0.2) is 36.4 Å². The molecule has 0 amide bonds. The van der Waals surface area contributed by atoms with Crippen LogP contribution >= 0.6 is 15.9 Å². The molecule has 0 bridgehead atoms. The average Bonchev–Trinajstić information content (AvgIpc) is 2.33. The first kappa shape index (κ1) is 14.6. The summed E-state index contributed by atoms with van der Waals surface area (Å²) >= 11 is 3.24. The molecule has 0 aliphatic rings. The molecule has 4 N–H and O–H groups in total. The van der Waals surface area contributed by atoms with Crippen LogP contribution in [0.15, 0.2) is 10.5 Å². The van der Waals surface area contributed by atoms with Crippen LogP contribution in [0.2, 0.25) is 0 Å². The molecule has 0 heterocycles. The number of benzene rings is 1. The predicted molar refractivity (Wildman–Crippen MR) is 68.2 cm³/mol. The second-order valence-electron chi connectivity index (χ2n) is 3.57. The van der Waals surface area contributed by atoms with Crippen molar-refractivity contribution in [1.82, 2.24) is 0 Å². The first-order valence-electron chi connectivity index (χ1n) is 5.03. The van der Waals surface area contributed by atoms with E-state index in [2.05, 4.69) is 15.9 Å². The number of phenols is 1. The number of aliphatic carboxylic acids is 1. The van der Waals surface area contributed by atoms with Crippen molar-refractivity contribution in [1.29, 1.82) is 0 Å². The molecule has 18 heavy (non-hydrogen) atoms. The number of ether oxygens (including phenoxy) is 2. The highest BCUT2D eigenvalue weighted by Gasteiger charge is 2.22. The van der Waals surface area contributed by atoms with Crippen LogP contribution in [0.5, 0.6) is 17.2 Å². The minimum Gasteiger partial charge on any atom is -0.504 e. The van der Waals surface area contributed by atoms with Gasteiger partial charge in [-0.25, -0.2) is 0 Å². The summed E-state index contributed by atoms with van der Waals surface area (Å²) in [5.41, 5.74) is 5.81. The number of phenolic OH excluding ortho intramolecular Hbond substituents is 1. The molecule has 100 valence electrons. The summed E-state index contributed by atoms with van der Waals surface area (Å²) in [7, 11) is 2.82. The summed E-state index contributed by atoms with van der Waals surface area (Å²) in [6, 6.07) is 0.480. The minimum absolute atomic E-state index is 0.0257. The summed E-state index contributed by atoms with van der Waals surface area (Å²) in [5, 5.41) is 18.8. The Hall–Kier alpha value is -1.47. The van der Waals surface area contributed by atoms with E-state index in [1.54, 1.807) is 6.07 Å². The Bertz CT molecular complexity index is 463. The third kappa shape index (κ3) is 2.85. The summed E-state index contributed by atoms with van der Waals surface area (Å²) in [6.45, 7) is 0. The highest BCUT2D eigenvalue weighted by molar-refractivity contribution is 9.10. The zero-order valence-electron chi connectivity index (χ0n) is 9.94. The summed E-state index contributed by atoms with van der Waals surface area (Å²) < 4.78 is 10.6. The molecule has 0 spiro atoms. The van der Waals surface area contributed by atoms with E-state index in [4.69, 9.17) is 20.3 Å². The molecule has 7 heteroatoms. The third-order valence-corrected chi connectivity index (χ3v) is 3.14. The predicted octanol–water partition coefficient (Wildman–Crippen LogP) is 1.13. The number of hydrogen-bond donors (Lipinski definition) is 3.